The van der Waals surface area contributed by atoms with Crippen LogP contribution in [0.3, 0.4) is 0 Å². The summed E-state index contributed by atoms with van der Waals surface area (Å²) in [5.74, 6) is -0.0101. The Morgan fingerprint density at radius 2 is 2.21 bits per heavy atom. The van der Waals surface area contributed by atoms with E-state index in [1.807, 2.05) is 17.5 Å². The van der Waals surface area contributed by atoms with Crippen LogP contribution in [0, 0.1) is 0 Å². The summed E-state index contributed by atoms with van der Waals surface area (Å²) in [4.78, 5) is 13.4. The first-order valence-corrected chi connectivity index (χ1v) is 7.60. The molecule has 0 saturated heterocycles. The van der Waals surface area contributed by atoms with Crippen LogP contribution in [0.15, 0.2) is 23.7 Å². The zero-order valence-corrected chi connectivity index (χ0v) is 11.5. The average Bonchev–Trinajstić information content (AvgIpc) is 3.10. The molecule has 1 saturated carbocycles. The molecule has 1 amide bonds. The van der Waals surface area contributed by atoms with Crippen molar-refractivity contribution in [2.75, 3.05) is 0 Å². The summed E-state index contributed by atoms with van der Waals surface area (Å²) >= 11 is 1.61. The zero-order valence-electron chi connectivity index (χ0n) is 10.7. The molecule has 2 N–H and O–H groups in total. The summed E-state index contributed by atoms with van der Waals surface area (Å²) in [6, 6.07) is 4.30. The first-order valence-electron chi connectivity index (χ1n) is 6.72. The topological polar surface area (TPSA) is 57.8 Å². The molecule has 1 fully saturated rings. The van der Waals surface area contributed by atoms with Crippen molar-refractivity contribution in [3.63, 3.8) is 0 Å². The van der Waals surface area contributed by atoms with Crippen molar-refractivity contribution >= 4 is 17.2 Å². The monoisotopic (exact) mass is 275 g/mol. The smallest absolute Gasteiger partial charge is 0.255 e. The van der Waals surface area contributed by atoms with Crippen LogP contribution in [0.5, 0.6) is 0 Å². The summed E-state index contributed by atoms with van der Waals surface area (Å²) in [6.45, 7) is 0. The number of aromatic nitrogens is 2. The molecule has 0 aliphatic heterocycles. The molecule has 3 rings (SSSR count). The van der Waals surface area contributed by atoms with E-state index in [0.29, 0.717) is 11.6 Å². The van der Waals surface area contributed by atoms with Crippen molar-refractivity contribution in [3.8, 4) is 10.6 Å². The van der Waals surface area contributed by atoms with E-state index in [9.17, 15) is 4.79 Å². The molecule has 5 heteroatoms. The molecule has 0 bridgehead atoms. The van der Waals surface area contributed by atoms with Crippen molar-refractivity contribution in [3.05, 3.63) is 29.3 Å². The van der Waals surface area contributed by atoms with Gasteiger partial charge in [0.15, 0.2) is 0 Å². The molecule has 0 atom stereocenters. The molecule has 0 unspecified atom stereocenters. The maximum Gasteiger partial charge on any atom is 0.255 e. The molecule has 1 aliphatic rings. The molecule has 0 aromatic carbocycles. The Balaban J connectivity index is 1.75. The van der Waals surface area contributed by atoms with E-state index in [4.69, 9.17) is 0 Å². The third kappa shape index (κ3) is 2.71. The quantitative estimate of drug-likeness (QED) is 0.903. The van der Waals surface area contributed by atoms with E-state index < -0.39 is 0 Å². The van der Waals surface area contributed by atoms with Crippen molar-refractivity contribution in [1.29, 1.82) is 0 Å². The van der Waals surface area contributed by atoms with Gasteiger partial charge in [0.05, 0.1) is 22.3 Å². The third-order valence-electron chi connectivity index (χ3n) is 3.59. The number of nitrogens with one attached hydrogen (secondary N) is 2. The van der Waals surface area contributed by atoms with Gasteiger partial charge in [-0.15, -0.1) is 11.3 Å². The van der Waals surface area contributed by atoms with Gasteiger partial charge in [-0.2, -0.15) is 5.10 Å². The SMILES string of the molecule is O=C(NC1CCCCC1)c1cn[nH]c1-c1cccs1. The number of hydrogen-bond acceptors (Lipinski definition) is 3. The molecule has 2 heterocycles. The first kappa shape index (κ1) is 12.4. The molecule has 100 valence electrons. The lowest BCUT2D eigenvalue weighted by molar-refractivity contribution is 0.0928. The van der Waals surface area contributed by atoms with Crippen LogP contribution in [-0.4, -0.2) is 22.1 Å². The molecule has 4 nitrogen and oxygen atoms in total. The molecular weight excluding hydrogens is 258 g/mol. The largest absolute Gasteiger partial charge is 0.349 e. The van der Waals surface area contributed by atoms with Gasteiger partial charge < -0.3 is 5.32 Å². The second-order valence-electron chi connectivity index (χ2n) is 4.94. The molecular formula is C14H17N3OS. The maximum atomic E-state index is 12.3. The first-order chi connectivity index (χ1) is 9.34. The highest BCUT2D eigenvalue weighted by atomic mass is 32.1. The van der Waals surface area contributed by atoms with Gasteiger partial charge in [-0.05, 0) is 24.3 Å². The Morgan fingerprint density at radius 3 is 2.95 bits per heavy atom. The van der Waals surface area contributed by atoms with Gasteiger partial charge in [-0.25, -0.2) is 0 Å². The van der Waals surface area contributed by atoms with E-state index in [-0.39, 0.29) is 5.91 Å². The number of carbonyl (C=O) groups excluding carboxylic acids is 1. The minimum atomic E-state index is -0.0101. The lowest BCUT2D eigenvalue weighted by Crippen LogP contribution is -2.36. The number of amides is 1. The molecule has 19 heavy (non-hydrogen) atoms. The fourth-order valence-electron chi connectivity index (χ4n) is 2.58. The summed E-state index contributed by atoms with van der Waals surface area (Å²) in [7, 11) is 0. The number of aromatic amines is 1. The summed E-state index contributed by atoms with van der Waals surface area (Å²) in [5.41, 5.74) is 1.47. The Bertz CT molecular complexity index is 541. The Hall–Kier alpha value is -1.62. The highest BCUT2D eigenvalue weighted by Gasteiger charge is 2.20. The standard InChI is InChI=1S/C14H17N3OS/c18-14(16-10-5-2-1-3-6-10)11-9-15-17-13(11)12-7-4-8-19-12/h4,7-10H,1-3,5-6H2,(H,15,17)(H,16,18). The van der Waals surface area contributed by atoms with E-state index >= 15 is 0 Å². The average molecular weight is 275 g/mol. The van der Waals surface area contributed by atoms with Crippen molar-refractivity contribution in [2.45, 2.75) is 38.1 Å². The minimum absolute atomic E-state index is 0.0101. The third-order valence-corrected chi connectivity index (χ3v) is 4.48. The van der Waals surface area contributed by atoms with Gasteiger partial charge in [-0.3, -0.25) is 9.89 Å². The highest BCUT2D eigenvalue weighted by molar-refractivity contribution is 7.13. The summed E-state index contributed by atoms with van der Waals surface area (Å²) < 4.78 is 0. The minimum Gasteiger partial charge on any atom is -0.349 e. The van der Waals surface area contributed by atoms with Crippen LogP contribution in [0.1, 0.15) is 42.5 Å². The normalized spacial score (nSPS) is 16.4. The van der Waals surface area contributed by atoms with Crippen LogP contribution in [0.2, 0.25) is 0 Å². The van der Waals surface area contributed by atoms with Crippen LogP contribution >= 0.6 is 11.3 Å². The number of nitrogens with zero attached hydrogens (tertiary/aromatic N) is 1. The van der Waals surface area contributed by atoms with Crippen molar-refractivity contribution < 1.29 is 4.79 Å². The second kappa shape index (κ2) is 5.57. The van der Waals surface area contributed by atoms with Gasteiger partial charge in [0.25, 0.3) is 5.91 Å². The van der Waals surface area contributed by atoms with E-state index in [1.165, 1.54) is 19.3 Å². The van der Waals surface area contributed by atoms with Crippen molar-refractivity contribution in [1.82, 2.24) is 15.5 Å². The fourth-order valence-corrected chi connectivity index (χ4v) is 3.31. The number of carbonyl (C=O) groups is 1. The summed E-state index contributed by atoms with van der Waals surface area (Å²) in [5, 5.41) is 12.1. The lowest BCUT2D eigenvalue weighted by atomic mass is 9.95. The fraction of sp³-hybridized carbons (Fsp3) is 0.429. The Labute approximate surface area is 116 Å². The Kier molecular flexibility index (Phi) is 3.64. The van der Waals surface area contributed by atoms with E-state index in [2.05, 4.69) is 15.5 Å². The van der Waals surface area contributed by atoms with E-state index in [1.54, 1.807) is 17.5 Å². The van der Waals surface area contributed by atoms with Crippen LogP contribution in [-0.2, 0) is 0 Å². The van der Waals surface area contributed by atoms with Gasteiger partial charge >= 0.3 is 0 Å². The van der Waals surface area contributed by atoms with Gasteiger partial charge in [-0.1, -0.05) is 25.3 Å². The molecule has 1 aliphatic carbocycles. The second-order valence-corrected chi connectivity index (χ2v) is 5.89. The van der Waals surface area contributed by atoms with Crippen LogP contribution in [0.25, 0.3) is 10.6 Å². The molecule has 0 radical (unpaired) electrons. The predicted molar refractivity (Wildman–Crippen MR) is 76.2 cm³/mol. The molecule has 2 aromatic heterocycles. The van der Waals surface area contributed by atoms with Crippen LogP contribution < -0.4 is 5.32 Å². The number of rotatable bonds is 3. The zero-order chi connectivity index (χ0) is 13.1. The highest BCUT2D eigenvalue weighted by Crippen LogP contribution is 2.26. The Morgan fingerprint density at radius 1 is 1.37 bits per heavy atom. The number of thiophene rings is 1. The van der Waals surface area contributed by atoms with Crippen LogP contribution in [0.4, 0.5) is 0 Å². The predicted octanol–water partition coefficient (Wildman–Crippen LogP) is 3.20. The van der Waals surface area contributed by atoms with E-state index in [0.717, 1.165) is 23.4 Å². The van der Waals surface area contributed by atoms with Gasteiger partial charge in [0.2, 0.25) is 0 Å². The number of hydrogen-bond donors (Lipinski definition) is 2. The maximum absolute atomic E-state index is 12.3. The van der Waals surface area contributed by atoms with Gasteiger partial charge in [0, 0.05) is 6.04 Å². The van der Waals surface area contributed by atoms with Gasteiger partial charge in [0.1, 0.15) is 0 Å². The summed E-state index contributed by atoms with van der Waals surface area (Å²) in [6.07, 6.45) is 7.53. The lowest BCUT2D eigenvalue weighted by Gasteiger charge is -2.22. The van der Waals surface area contributed by atoms with Crippen molar-refractivity contribution in [2.24, 2.45) is 0 Å². The molecule has 2 aromatic rings. The molecule has 0 spiro atoms. The number of H-pyrrole nitrogens is 1.